The van der Waals surface area contributed by atoms with E-state index in [4.69, 9.17) is 34.6 Å². The van der Waals surface area contributed by atoms with Crippen molar-refractivity contribution in [1.29, 1.82) is 0 Å². The van der Waals surface area contributed by atoms with Crippen LogP contribution in [0.1, 0.15) is 43.0 Å². The van der Waals surface area contributed by atoms with Crippen molar-refractivity contribution in [2.24, 2.45) is 0 Å². The molecule has 0 bridgehead atoms. The summed E-state index contributed by atoms with van der Waals surface area (Å²) in [5, 5.41) is 19.1. The predicted molar refractivity (Wildman–Crippen MR) is 142 cm³/mol. The molecule has 2 aliphatic heterocycles. The van der Waals surface area contributed by atoms with Crippen molar-refractivity contribution in [1.82, 2.24) is 19.5 Å². The monoisotopic (exact) mass is 619 g/mol. The molecule has 0 radical (unpaired) electrons. The van der Waals surface area contributed by atoms with E-state index in [1.165, 1.54) is 30.5 Å². The minimum Gasteiger partial charge on any atom is -0.497 e. The molecule has 0 saturated carbocycles. The van der Waals surface area contributed by atoms with E-state index in [2.05, 4.69) is 40.3 Å². The molecule has 2 fully saturated rings. The number of anilines is 1. The lowest BCUT2D eigenvalue weighted by Gasteiger charge is -2.31. The van der Waals surface area contributed by atoms with E-state index in [9.17, 15) is 26.3 Å². The Morgan fingerprint density at radius 2 is 1.49 bits per heavy atom. The molecule has 1 unspecified atom stereocenters. The van der Waals surface area contributed by atoms with Crippen molar-refractivity contribution in [2.75, 3.05) is 38.2 Å². The van der Waals surface area contributed by atoms with E-state index in [-0.39, 0.29) is 0 Å². The lowest BCUT2D eigenvalue weighted by Crippen LogP contribution is -2.34. The van der Waals surface area contributed by atoms with Crippen LogP contribution in [0.5, 0.6) is 5.75 Å². The van der Waals surface area contributed by atoms with Gasteiger partial charge in [0.2, 0.25) is 0 Å². The number of hydrogen-bond donors (Lipinski definition) is 2. The summed E-state index contributed by atoms with van der Waals surface area (Å²) in [7, 11) is 1.71. The van der Waals surface area contributed by atoms with Gasteiger partial charge in [0, 0.05) is 32.1 Å². The molecule has 0 amide bonds. The maximum atomic E-state index is 10.6. The molecule has 236 valence electrons. The number of piperidine rings is 1. The molecule has 5 rings (SSSR count). The third-order valence-electron chi connectivity index (χ3n) is 6.72. The van der Waals surface area contributed by atoms with Crippen LogP contribution in [0, 0.1) is 0 Å². The molecule has 43 heavy (non-hydrogen) atoms. The first-order valence-corrected chi connectivity index (χ1v) is 13.2. The number of benzene rings is 1. The minimum absolute atomic E-state index is 0.400. The highest BCUT2D eigenvalue weighted by atomic mass is 19.4. The van der Waals surface area contributed by atoms with Crippen LogP contribution in [0.2, 0.25) is 0 Å². The summed E-state index contributed by atoms with van der Waals surface area (Å²) >= 11 is 0. The average Bonchev–Trinajstić information content (AvgIpc) is 3.63. The number of hydrogen-bond acceptors (Lipinski definition) is 7. The summed E-state index contributed by atoms with van der Waals surface area (Å²) < 4.78 is 70.7. The Bertz CT molecular complexity index is 1330. The minimum atomic E-state index is -5.08. The number of fused-ring (bicyclic) bond motifs is 1. The van der Waals surface area contributed by atoms with Crippen molar-refractivity contribution < 1.29 is 50.9 Å². The summed E-state index contributed by atoms with van der Waals surface area (Å²) in [6, 6.07) is 12.7. The van der Waals surface area contributed by atoms with E-state index < -0.39 is 24.3 Å². The molecule has 0 spiro atoms. The number of halogens is 6. The van der Waals surface area contributed by atoms with Crippen LogP contribution in [-0.2, 0) is 16.1 Å². The second-order valence-electron chi connectivity index (χ2n) is 9.88. The number of nitrogens with zero attached hydrogens (tertiary/aromatic N) is 5. The van der Waals surface area contributed by atoms with Gasteiger partial charge < -0.3 is 19.8 Å². The van der Waals surface area contributed by atoms with Crippen LogP contribution in [0.15, 0.2) is 42.6 Å². The van der Waals surface area contributed by atoms with Gasteiger partial charge in [-0.1, -0.05) is 12.1 Å². The van der Waals surface area contributed by atoms with Crippen molar-refractivity contribution in [3.05, 3.63) is 54.0 Å². The topological polar surface area (TPSA) is 121 Å². The Hall–Kier alpha value is -4.08. The SMILES string of the molecule is COc1ccc(CN2CCCC(c3nc4ccc(N5CCCC5)cn4n3)C2)cc1.O=C(O)C(F)(F)F.O=C(O)C(F)(F)F. The van der Waals surface area contributed by atoms with E-state index in [1.54, 1.807) is 7.11 Å². The number of carbonyl (C=O) groups is 2. The second kappa shape index (κ2) is 14.4. The molecule has 3 aromatic rings. The number of pyridine rings is 1. The Balaban J connectivity index is 0.000000303. The van der Waals surface area contributed by atoms with Crippen LogP contribution < -0.4 is 9.64 Å². The second-order valence-corrected chi connectivity index (χ2v) is 9.88. The molecular weight excluding hydrogens is 588 g/mol. The highest BCUT2D eigenvalue weighted by Crippen LogP contribution is 2.27. The standard InChI is InChI=1S/C23H29N5O.2C2HF3O2/c1-29-21-9-6-18(7-10-21)15-26-12-4-5-19(16-26)23-24-22-11-8-20(17-28(22)25-23)27-13-2-3-14-27;2*3-2(4,5)1(6)7/h6-11,17,19H,2-5,12-16H2,1H3;2*(H,6,7). The van der Waals surface area contributed by atoms with Gasteiger partial charge in [0.05, 0.1) is 19.0 Å². The van der Waals surface area contributed by atoms with Crippen LogP contribution in [0.4, 0.5) is 32.0 Å². The number of likely N-dealkylation sites (tertiary alicyclic amines) is 1. The molecule has 2 aromatic heterocycles. The van der Waals surface area contributed by atoms with Crippen LogP contribution in [0.25, 0.3) is 5.65 Å². The first-order valence-electron chi connectivity index (χ1n) is 13.2. The van der Waals surface area contributed by atoms with E-state index in [1.807, 2.05) is 16.6 Å². The molecule has 4 heterocycles. The largest absolute Gasteiger partial charge is 0.497 e. The third-order valence-corrected chi connectivity index (χ3v) is 6.72. The van der Waals surface area contributed by atoms with Gasteiger partial charge in [-0.3, -0.25) is 4.90 Å². The highest BCUT2D eigenvalue weighted by Gasteiger charge is 2.38. The van der Waals surface area contributed by atoms with E-state index in [0.717, 1.165) is 56.4 Å². The summed E-state index contributed by atoms with van der Waals surface area (Å²) in [6.45, 7) is 5.41. The smallest absolute Gasteiger partial charge is 0.490 e. The number of methoxy groups -OCH3 is 1. The maximum absolute atomic E-state index is 10.6. The number of carboxylic acids is 2. The first-order chi connectivity index (χ1) is 20.2. The Labute approximate surface area is 242 Å². The van der Waals surface area contributed by atoms with Gasteiger partial charge in [0.25, 0.3) is 0 Å². The summed E-state index contributed by atoms with van der Waals surface area (Å²) in [5.74, 6) is -3.22. The van der Waals surface area contributed by atoms with E-state index in [0.29, 0.717) is 5.92 Å². The molecular formula is C27H31F6N5O5. The van der Waals surface area contributed by atoms with Gasteiger partial charge in [0.15, 0.2) is 11.5 Å². The van der Waals surface area contributed by atoms with Gasteiger partial charge in [-0.2, -0.15) is 31.4 Å². The lowest BCUT2D eigenvalue weighted by molar-refractivity contribution is -0.193. The van der Waals surface area contributed by atoms with Gasteiger partial charge in [-0.25, -0.2) is 19.1 Å². The molecule has 10 nitrogen and oxygen atoms in total. The van der Waals surface area contributed by atoms with Crippen LogP contribution in [0.3, 0.4) is 0 Å². The maximum Gasteiger partial charge on any atom is 0.490 e. The molecule has 2 saturated heterocycles. The quantitative estimate of drug-likeness (QED) is 0.381. The van der Waals surface area contributed by atoms with Crippen molar-refractivity contribution in [3.63, 3.8) is 0 Å². The van der Waals surface area contributed by atoms with Gasteiger partial charge >= 0.3 is 24.3 Å². The van der Waals surface area contributed by atoms with Crippen molar-refractivity contribution in [2.45, 2.75) is 50.5 Å². The fraction of sp³-hybridized carbons (Fsp3) is 0.481. The molecule has 1 atom stereocenters. The number of alkyl halides is 6. The molecule has 16 heteroatoms. The molecule has 0 aliphatic carbocycles. The summed E-state index contributed by atoms with van der Waals surface area (Å²) in [5.41, 5.74) is 3.54. The fourth-order valence-electron chi connectivity index (χ4n) is 4.62. The van der Waals surface area contributed by atoms with E-state index >= 15 is 0 Å². The summed E-state index contributed by atoms with van der Waals surface area (Å²) in [6.07, 6.45) is -3.10. The number of carboxylic acid groups (broad SMARTS) is 2. The molecule has 2 N–H and O–H groups in total. The zero-order valence-electron chi connectivity index (χ0n) is 23.1. The highest BCUT2D eigenvalue weighted by molar-refractivity contribution is 5.73. The Kier molecular flexibility index (Phi) is 11.2. The molecule has 2 aliphatic rings. The average molecular weight is 620 g/mol. The number of ether oxygens (including phenoxy) is 1. The third kappa shape index (κ3) is 10.0. The van der Waals surface area contributed by atoms with Gasteiger partial charge in [-0.15, -0.1) is 0 Å². The van der Waals surface area contributed by atoms with Crippen LogP contribution in [-0.4, -0.2) is 87.3 Å². The van der Waals surface area contributed by atoms with Crippen LogP contribution >= 0.6 is 0 Å². The zero-order valence-corrected chi connectivity index (χ0v) is 23.1. The van der Waals surface area contributed by atoms with Gasteiger partial charge in [0.1, 0.15) is 5.75 Å². The Morgan fingerprint density at radius 3 is 2.02 bits per heavy atom. The number of aliphatic carboxylic acids is 2. The first kappa shape index (κ1) is 33.4. The summed E-state index contributed by atoms with van der Waals surface area (Å²) in [4.78, 5) is 27.6. The predicted octanol–water partition coefficient (Wildman–Crippen LogP) is 4.98. The zero-order chi connectivity index (χ0) is 31.8. The lowest BCUT2D eigenvalue weighted by atomic mass is 9.97. The number of aromatic nitrogens is 3. The van der Waals surface area contributed by atoms with Gasteiger partial charge in [-0.05, 0) is 62.1 Å². The fourth-order valence-corrected chi connectivity index (χ4v) is 4.62. The van der Waals surface area contributed by atoms with Crippen molar-refractivity contribution >= 4 is 23.3 Å². The molecule has 1 aromatic carbocycles. The Morgan fingerprint density at radius 1 is 0.907 bits per heavy atom. The number of rotatable bonds is 5. The van der Waals surface area contributed by atoms with Crippen molar-refractivity contribution in [3.8, 4) is 5.75 Å². The normalized spacial score (nSPS) is 17.5.